The summed E-state index contributed by atoms with van der Waals surface area (Å²) in [4.78, 5) is 38.9. The number of carbonyl (C=O) groups is 1. The maximum atomic E-state index is 13.2. The molecule has 1 aliphatic carbocycles. The van der Waals surface area contributed by atoms with E-state index in [0.29, 0.717) is 24.8 Å². The molecule has 1 N–H and O–H groups in total. The minimum absolute atomic E-state index is 0.00739. The lowest BCUT2D eigenvalue weighted by Crippen LogP contribution is -2.44. The molecule has 0 spiro atoms. The van der Waals surface area contributed by atoms with E-state index >= 15 is 0 Å². The first kappa shape index (κ1) is 22.3. The largest absolute Gasteiger partial charge is 0.332 e. The number of nitrogens with one attached hydrogen (secondary N) is 1. The van der Waals surface area contributed by atoms with Gasteiger partial charge in [0, 0.05) is 32.1 Å². The molecule has 6 heteroatoms. The maximum absolute atomic E-state index is 13.2. The number of piperidine rings is 1. The molecular formula is C27H36N4O2. The summed E-state index contributed by atoms with van der Waals surface area (Å²) in [5, 5.41) is 0. The molecule has 2 fully saturated rings. The number of aromatic nitrogens is 2. The van der Waals surface area contributed by atoms with Crippen LogP contribution in [0.2, 0.25) is 0 Å². The third-order valence-electron chi connectivity index (χ3n) is 7.82. The Labute approximate surface area is 196 Å². The van der Waals surface area contributed by atoms with Crippen molar-refractivity contribution >= 4 is 5.91 Å². The summed E-state index contributed by atoms with van der Waals surface area (Å²) < 4.78 is 0. The number of amides is 1. The number of aromatic amines is 1. The van der Waals surface area contributed by atoms with Gasteiger partial charge in [-0.05, 0) is 44.6 Å². The number of likely N-dealkylation sites (tertiary alicyclic amines) is 1. The summed E-state index contributed by atoms with van der Waals surface area (Å²) >= 11 is 0. The van der Waals surface area contributed by atoms with E-state index < -0.39 is 0 Å². The van der Waals surface area contributed by atoms with Crippen molar-refractivity contribution in [3.05, 3.63) is 62.8 Å². The second-order valence-corrected chi connectivity index (χ2v) is 10.1. The van der Waals surface area contributed by atoms with Crippen molar-refractivity contribution in [3.8, 4) is 0 Å². The normalized spacial score (nSPS) is 22.2. The van der Waals surface area contributed by atoms with E-state index in [1.54, 1.807) is 0 Å². The number of hydrogen-bond acceptors (Lipinski definition) is 4. The van der Waals surface area contributed by atoms with Crippen LogP contribution in [0.3, 0.4) is 0 Å². The predicted molar refractivity (Wildman–Crippen MR) is 129 cm³/mol. The Hall–Kier alpha value is -2.47. The quantitative estimate of drug-likeness (QED) is 0.766. The Balaban J connectivity index is 1.34. The molecule has 1 atom stereocenters. The van der Waals surface area contributed by atoms with Gasteiger partial charge in [0.15, 0.2) is 0 Å². The highest BCUT2D eigenvalue weighted by Gasteiger charge is 2.32. The summed E-state index contributed by atoms with van der Waals surface area (Å²) in [6.45, 7) is 4.47. The first-order chi connectivity index (χ1) is 16.1. The van der Waals surface area contributed by atoms with E-state index in [9.17, 15) is 9.59 Å². The van der Waals surface area contributed by atoms with Crippen LogP contribution in [0.4, 0.5) is 0 Å². The number of benzene rings is 1. The van der Waals surface area contributed by atoms with E-state index in [1.807, 2.05) is 17.0 Å². The molecule has 1 aromatic carbocycles. The second-order valence-electron chi connectivity index (χ2n) is 10.1. The highest BCUT2D eigenvalue weighted by molar-refractivity contribution is 5.79. The van der Waals surface area contributed by atoms with Gasteiger partial charge >= 0.3 is 0 Å². The van der Waals surface area contributed by atoms with Crippen molar-refractivity contribution in [1.29, 1.82) is 0 Å². The Bertz CT molecular complexity index is 1040. The smallest absolute Gasteiger partial charge is 0.255 e. The number of hydrogen-bond donors (Lipinski definition) is 1. The summed E-state index contributed by atoms with van der Waals surface area (Å²) in [6.07, 6.45) is 10.6. The van der Waals surface area contributed by atoms with E-state index in [-0.39, 0.29) is 17.5 Å². The van der Waals surface area contributed by atoms with E-state index in [4.69, 9.17) is 4.98 Å². The molecule has 1 saturated carbocycles. The molecule has 1 saturated heterocycles. The zero-order valence-corrected chi connectivity index (χ0v) is 19.8. The van der Waals surface area contributed by atoms with Gasteiger partial charge in [0.2, 0.25) is 5.91 Å². The van der Waals surface area contributed by atoms with Gasteiger partial charge in [-0.15, -0.1) is 0 Å². The molecule has 1 aromatic heterocycles. The van der Waals surface area contributed by atoms with Gasteiger partial charge in [0.1, 0.15) is 5.82 Å². The van der Waals surface area contributed by atoms with Crippen LogP contribution in [-0.2, 0) is 24.2 Å². The molecule has 3 heterocycles. The molecule has 0 unspecified atom stereocenters. The van der Waals surface area contributed by atoms with Gasteiger partial charge in [0.25, 0.3) is 5.56 Å². The van der Waals surface area contributed by atoms with Gasteiger partial charge in [-0.1, -0.05) is 49.1 Å². The van der Waals surface area contributed by atoms with E-state index in [0.717, 1.165) is 55.6 Å². The monoisotopic (exact) mass is 448 g/mol. The number of carbonyl (C=O) groups excluding carboxylic acids is 1. The lowest BCUT2D eigenvalue weighted by molar-refractivity contribution is -0.134. The van der Waals surface area contributed by atoms with Crippen molar-refractivity contribution in [1.82, 2.24) is 19.8 Å². The number of rotatable bonds is 4. The summed E-state index contributed by atoms with van der Waals surface area (Å²) in [6, 6.07) is 8.64. The summed E-state index contributed by atoms with van der Waals surface area (Å²) in [5.74, 6) is 0.800. The van der Waals surface area contributed by atoms with Gasteiger partial charge < -0.3 is 9.88 Å². The Morgan fingerprint density at radius 2 is 1.79 bits per heavy atom. The molecule has 0 bridgehead atoms. The standard InChI is InChI=1S/C27H36N4O2/c1-19-10-12-20(13-11-19)17-25(32)31-15-6-5-9-24(31)26-28-23-14-16-30(18-22(23)27(33)29-26)21-7-3-2-4-8-21/h10-13,21,24H,2-9,14-18H2,1H3,(H,28,29,33)/t24-/m0/s1. The summed E-state index contributed by atoms with van der Waals surface area (Å²) in [7, 11) is 0. The minimum atomic E-state index is -0.133. The molecule has 1 amide bonds. The Morgan fingerprint density at radius 1 is 1.03 bits per heavy atom. The summed E-state index contributed by atoms with van der Waals surface area (Å²) in [5.41, 5.74) is 4.00. The lowest BCUT2D eigenvalue weighted by Gasteiger charge is -2.38. The highest BCUT2D eigenvalue weighted by Crippen LogP contribution is 2.31. The molecule has 5 rings (SSSR count). The molecular weight excluding hydrogens is 412 g/mol. The van der Waals surface area contributed by atoms with Crippen molar-refractivity contribution < 1.29 is 4.79 Å². The van der Waals surface area contributed by atoms with Gasteiger partial charge in [-0.25, -0.2) is 4.98 Å². The van der Waals surface area contributed by atoms with Crippen LogP contribution >= 0.6 is 0 Å². The van der Waals surface area contributed by atoms with Crippen LogP contribution in [0.15, 0.2) is 29.1 Å². The van der Waals surface area contributed by atoms with E-state index in [2.05, 4.69) is 28.9 Å². The highest BCUT2D eigenvalue weighted by atomic mass is 16.2. The van der Waals surface area contributed by atoms with Crippen molar-refractivity contribution in [2.24, 2.45) is 0 Å². The molecule has 2 aromatic rings. The lowest BCUT2D eigenvalue weighted by atomic mass is 9.92. The second kappa shape index (κ2) is 9.80. The molecule has 176 valence electrons. The third-order valence-corrected chi connectivity index (χ3v) is 7.82. The minimum Gasteiger partial charge on any atom is -0.332 e. The fourth-order valence-corrected chi connectivity index (χ4v) is 5.88. The van der Waals surface area contributed by atoms with Gasteiger partial charge in [0.05, 0.1) is 23.7 Å². The van der Waals surface area contributed by atoms with Crippen molar-refractivity contribution in [3.63, 3.8) is 0 Å². The first-order valence-electron chi connectivity index (χ1n) is 12.8. The van der Waals surface area contributed by atoms with Crippen LogP contribution in [0.25, 0.3) is 0 Å². The van der Waals surface area contributed by atoms with Crippen LogP contribution < -0.4 is 5.56 Å². The number of H-pyrrole nitrogens is 1. The fraction of sp³-hybridized carbons (Fsp3) is 0.593. The number of nitrogens with zero attached hydrogens (tertiary/aromatic N) is 3. The molecule has 0 radical (unpaired) electrons. The molecule has 6 nitrogen and oxygen atoms in total. The first-order valence-corrected chi connectivity index (χ1v) is 12.8. The van der Waals surface area contributed by atoms with Crippen LogP contribution in [0.5, 0.6) is 0 Å². The van der Waals surface area contributed by atoms with E-state index in [1.165, 1.54) is 37.7 Å². The maximum Gasteiger partial charge on any atom is 0.255 e. The predicted octanol–water partition coefficient (Wildman–Crippen LogP) is 4.07. The average Bonchev–Trinajstić information content (AvgIpc) is 2.86. The van der Waals surface area contributed by atoms with Gasteiger partial charge in [-0.3, -0.25) is 14.5 Å². The molecule has 33 heavy (non-hydrogen) atoms. The molecule has 3 aliphatic rings. The fourth-order valence-electron chi connectivity index (χ4n) is 5.88. The number of aryl methyl sites for hydroxylation is 1. The van der Waals surface area contributed by atoms with Crippen molar-refractivity contribution in [2.75, 3.05) is 13.1 Å². The Kier molecular flexibility index (Phi) is 6.63. The SMILES string of the molecule is Cc1ccc(CC(=O)N2CCCC[C@H]2c2nc3c(c(=O)[nH]2)CN(C2CCCCC2)CC3)cc1. The molecule has 2 aliphatic heterocycles. The van der Waals surface area contributed by atoms with Crippen LogP contribution in [0.1, 0.15) is 85.6 Å². The van der Waals surface area contributed by atoms with Gasteiger partial charge in [-0.2, -0.15) is 0 Å². The zero-order chi connectivity index (χ0) is 22.8. The van der Waals surface area contributed by atoms with Crippen LogP contribution in [0, 0.1) is 6.92 Å². The number of fused-ring (bicyclic) bond motifs is 1. The average molecular weight is 449 g/mol. The topological polar surface area (TPSA) is 69.3 Å². The Morgan fingerprint density at radius 3 is 2.58 bits per heavy atom. The zero-order valence-electron chi connectivity index (χ0n) is 19.8. The van der Waals surface area contributed by atoms with Crippen molar-refractivity contribution in [2.45, 2.75) is 89.8 Å². The van der Waals surface area contributed by atoms with Crippen LogP contribution in [-0.4, -0.2) is 44.8 Å². The third kappa shape index (κ3) is 4.91.